The molecule has 4 atom stereocenters. The lowest BCUT2D eigenvalue weighted by Gasteiger charge is -2.36. The fourth-order valence-electron chi connectivity index (χ4n) is 10.5. The smallest absolute Gasteiger partial charge is 0.317 e. The number of aliphatic carboxylic acids is 3. The van der Waals surface area contributed by atoms with E-state index < -0.39 is 17.9 Å². The molecule has 0 radical (unpaired) electrons. The van der Waals surface area contributed by atoms with E-state index in [2.05, 4.69) is 15.1 Å². The summed E-state index contributed by atoms with van der Waals surface area (Å²) >= 11 is 0. The van der Waals surface area contributed by atoms with Gasteiger partial charge in [-0.2, -0.15) is 0 Å². The number of pyridine rings is 1. The molecule has 3 saturated carbocycles. The van der Waals surface area contributed by atoms with Crippen LogP contribution in [0.15, 0.2) is 30.5 Å². The Morgan fingerprint density at radius 2 is 1.25 bits per heavy atom. The van der Waals surface area contributed by atoms with E-state index in [4.69, 9.17) is 16.0 Å². The van der Waals surface area contributed by atoms with Crippen molar-refractivity contribution in [1.82, 2.24) is 34.8 Å². The first-order valence-corrected chi connectivity index (χ1v) is 23.9. The van der Waals surface area contributed by atoms with Gasteiger partial charge in [0.1, 0.15) is 5.75 Å². The molecule has 3 aliphatic carbocycles. The summed E-state index contributed by atoms with van der Waals surface area (Å²) in [5.41, 5.74) is 1.08. The Morgan fingerprint density at radius 3 is 1.81 bits per heavy atom. The van der Waals surface area contributed by atoms with Crippen LogP contribution >= 0.6 is 0 Å². The molecular formula is C48H66N8O11. The minimum atomic E-state index is -1.01. The topological polar surface area (TPSA) is 227 Å². The maximum absolute atomic E-state index is 13.6. The van der Waals surface area contributed by atoms with Crippen molar-refractivity contribution in [2.24, 2.45) is 29.6 Å². The summed E-state index contributed by atoms with van der Waals surface area (Å²) < 4.78 is 12.7. The Kier molecular flexibility index (Phi) is 17.5. The molecule has 7 rings (SSSR count). The van der Waals surface area contributed by atoms with Crippen molar-refractivity contribution in [2.75, 3.05) is 111 Å². The van der Waals surface area contributed by atoms with E-state index in [1.54, 1.807) is 27.0 Å². The Bertz CT molecular complexity index is 2090. The van der Waals surface area contributed by atoms with E-state index in [-0.39, 0.29) is 68.4 Å². The first kappa shape index (κ1) is 49.6. The molecule has 1 aromatic carbocycles. The molecule has 5 aliphatic rings. The number of carboxylic acids is 3. The monoisotopic (exact) mass is 930 g/mol. The number of nitrogens with zero attached hydrogens (tertiary/aromatic N) is 7. The van der Waals surface area contributed by atoms with E-state index in [1.807, 2.05) is 28.0 Å². The summed E-state index contributed by atoms with van der Waals surface area (Å²) in [5, 5.41) is 31.9. The molecule has 0 spiro atoms. The summed E-state index contributed by atoms with van der Waals surface area (Å²) in [6.07, 6.45) is 8.97. The fourth-order valence-corrected chi connectivity index (χ4v) is 10.5. The van der Waals surface area contributed by atoms with Crippen LogP contribution < -0.4 is 10.1 Å². The molecule has 364 valence electrons. The van der Waals surface area contributed by atoms with Gasteiger partial charge in [-0.3, -0.25) is 53.4 Å². The average molecular weight is 931 g/mol. The molecule has 4 N–H and O–H groups in total. The summed E-state index contributed by atoms with van der Waals surface area (Å²) in [5.74, 6) is -1.46. The van der Waals surface area contributed by atoms with Gasteiger partial charge in [0.15, 0.2) is 5.78 Å². The van der Waals surface area contributed by atoms with Gasteiger partial charge in [0, 0.05) is 90.1 Å². The van der Waals surface area contributed by atoms with E-state index in [9.17, 15) is 44.1 Å². The van der Waals surface area contributed by atoms with Crippen LogP contribution in [0.4, 0.5) is 0 Å². The summed E-state index contributed by atoms with van der Waals surface area (Å²) in [4.78, 5) is 91.9. The van der Waals surface area contributed by atoms with Crippen molar-refractivity contribution >= 4 is 46.4 Å². The second kappa shape index (κ2) is 23.6. The van der Waals surface area contributed by atoms with Crippen molar-refractivity contribution in [3.63, 3.8) is 0 Å². The van der Waals surface area contributed by atoms with Gasteiger partial charge in [-0.05, 0) is 92.9 Å². The minimum Gasteiger partial charge on any atom is -0.493 e. The lowest BCUT2D eigenvalue weighted by molar-refractivity contribution is -0.141. The van der Waals surface area contributed by atoms with E-state index in [1.165, 1.54) is 0 Å². The molecule has 2 amide bonds. The molecule has 3 heterocycles. The Morgan fingerprint density at radius 1 is 0.701 bits per heavy atom. The summed E-state index contributed by atoms with van der Waals surface area (Å²) in [7, 11) is 0. The third kappa shape index (κ3) is 14.4. The van der Waals surface area contributed by atoms with Gasteiger partial charge >= 0.3 is 17.9 Å². The van der Waals surface area contributed by atoms with Crippen LogP contribution in [-0.2, 0) is 28.7 Å². The zero-order valence-corrected chi connectivity index (χ0v) is 38.3. The maximum atomic E-state index is 13.6. The Balaban J connectivity index is 0.816. The second-order valence-corrected chi connectivity index (χ2v) is 19.2. The van der Waals surface area contributed by atoms with Gasteiger partial charge in [0.2, 0.25) is 11.9 Å². The van der Waals surface area contributed by atoms with Gasteiger partial charge in [0.25, 0.3) is 5.91 Å². The highest BCUT2D eigenvalue weighted by molar-refractivity contribution is 6.07. The van der Waals surface area contributed by atoms with Gasteiger partial charge in [-0.25, -0.2) is 6.57 Å². The number of ether oxygens (including phenoxy) is 2. The number of amides is 2. The molecular weight excluding hydrogens is 865 g/mol. The van der Waals surface area contributed by atoms with Crippen molar-refractivity contribution < 1.29 is 53.6 Å². The van der Waals surface area contributed by atoms with E-state index in [0.29, 0.717) is 125 Å². The van der Waals surface area contributed by atoms with Crippen LogP contribution in [0.3, 0.4) is 0 Å². The third-order valence-corrected chi connectivity index (χ3v) is 14.5. The van der Waals surface area contributed by atoms with Crippen LogP contribution in [-0.4, -0.2) is 204 Å². The second-order valence-electron chi connectivity index (χ2n) is 19.2. The maximum Gasteiger partial charge on any atom is 0.317 e. The van der Waals surface area contributed by atoms with Crippen molar-refractivity contribution in [1.29, 1.82) is 0 Å². The van der Waals surface area contributed by atoms with Gasteiger partial charge in [-0.15, -0.1) is 0 Å². The average Bonchev–Trinajstić information content (AvgIpc) is 3.97. The summed E-state index contributed by atoms with van der Waals surface area (Å²) in [6.45, 7) is 12.0. The largest absolute Gasteiger partial charge is 0.493 e. The lowest BCUT2D eigenvalue weighted by Crippen LogP contribution is -2.51. The molecule has 19 nitrogen and oxygen atoms in total. The Labute approximate surface area is 391 Å². The quantitative estimate of drug-likeness (QED) is 0.157. The van der Waals surface area contributed by atoms with Gasteiger partial charge in [0.05, 0.1) is 62.4 Å². The number of hydrogen-bond donors (Lipinski definition) is 4. The molecule has 0 bridgehead atoms. The van der Waals surface area contributed by atoms with Crippen LogP contribution in [0.1, 0.15) is 61.7 Å². The highest BCUT2D eigenvalue weighted by Gasteiger charge is 2.59. The number of carboxylic acid groups (broad SMARTS) is 3. The standard InChI is InChI=1S/C48H66N8O11/c1-49-41-23-34-22-38(34)47(41)42(57)25-51-48(65)37-8-11-50-40-7-6-36(24-39(37)40)67-31-33-4-2-32(3-5-33)30-66-35-9-12-56(13-10-35)43(58)26-52-14-16-53(27-44(59)60)18-20-55(29-46(63)64)21-19-54(17-15-52)28-45(61)62/h6-8,11,24,32-35,38,41,47H,2-5,9-10,12-23,25-31H2,(H,51,65)(H,59,60)(H,61,62)(H,63,64)/t32?,33?,34-,38-,41+,47?/m0/s1. The van der Waals surface area contributed by atoms with Crippen molar-refractivity contribution in [3.05, 3.63) is 47.4 Å². The fraction of sp³-hybridized carbons (Fsp3) is 0.667. The number of piperidine rings is 1. The predicted octanol–water partition coefficient (Wildman–Crippen LogP) is 2.15. The van der Waals surface area contributed by atoms with E-state index >= 15 is 0 Å². The van der Waals surface area contributed by atoms with Crippen LogP contribution in [0.25, 0.3) is 15.7 Å². The number of nitrogens with one attached hydrogen (secondary N) is 1. The number of ketones is 1. The van der Waals surface area contributed by atoms with Crippen molar-refractivity contribution in [2.45, 2.75) is 63.5 Å². The molecule has 5 fully saturated rings. The number of fused-ring (bicyclic) bond motifs is 2. The number of rotatable bonds is 18. The SMILES string of the molecule is [C-]#[N+][C@@H]1C[C@@H]2C[C@@H]2C1C(=O)CNC(=O)c1ccnc2ccc(OCC3CCC(COC4CCN(C(=O)CN5CCN(CC(=O)O)CCN(CC(=O)O)CCN(CC(=O)O)CC5)CC4)CC3)cc12. The zero-order chi connectivity index (χ0) is 47.5. The zero-order valence-electron chi connectivity index (χ0n) is 38.3. The van der Waals surface area contributed by atoms with Gasteiger partial charge in [-0.1, -0.05) is 0 Å². The molecule has 67 heavy (non-hydrogen) atoms. The van der Waals surface area contributed by atoms with Crippen LogP contribution in [0.2, 0.25) is 0 Å². The number of likely N-dealkylation sites (tertiary alicyclic amines) is 1. The highest BCUT2D eigenvalue weighted by atomic mass is 16.5. The number of benzene rings is 1. The number of aromatic nitrogens is 1. The molecule has 2 saturated heterocycles. The Hall–Kier alpha value is -5.26. The predicted molar refractivity (Wildman–Crippen MR) is 244 cm³/mol. The first-order chi connectivity index (χ1) is 32.3. The third-order valence-electron chi connectivity index (χ3n) is 14.5. The first-order valence-electron chi connectivity index (χ1n) is 23.9. The van der Waals surface area contributed by atoms with Gasteiger partial charge < -0.3 is 39.9 Å². The molecule has 1 aromatic heterocycles. The molecule has 2 aromatic rings. The highest BCUT2D eigenvalue weighted by Crippen LogP contribution is 2.56. The van der Waals surface area contributed by atoms with Crippen LogP contribution in [0.5, 0.6) is 5.75 Å². The van der Waals surface area contributed by atoms with E-state index in [0.717, 1.165) is 51.4 Å². The molecule has 1 unspecified atom stereocenters. The lowest BCUT2D eigenvalue weighted by atomic mass is 9.83. The molecule has 2 aliphatic heterocycles. The minimum absolute atomic E-state index is 0.0323. The number of carbonyl (C=O) groups is 6. The summed E-state index contributed by atoms with van der Waals surface area (Å²) in [6, 6.07) is 6.93. The number of Topliss-reactive ketones (excluding diaryl/α,β-unsaturated/α-hetero) is 1. The van der Waals surface area contributed by atoms with Crippen molar-refractivity contribution in [3.8, 4) is 5.75 Å². The normalized spacial score (nSPS) is 26.1. The number of hydrogen-bond acceptors (Lipinski definition) is 13. The molecule has 19 heteroatoms. The number of carbonyl (C=O) groups excluding carboxylic acids is 3. The van der Waals surface area contributed by atoms with Crippen LogP contribution in [0, 0.1) is 36.2 Å².